The third kappa shape index (κ3) is 7.41. The van der Waals surface area contributed by atoms with Crippen molar-refractivity contribution in [3.8, 4) is 0 Å². The Morgan fingerprint density at radius 2 is 1.04 bits per heavy atom. The maximum Gasteiger partial charge on any atom is 0.287 e. The molecule has 368 valence electrons. The molecule has 4 aromatic rings. The van der Waals surface area contributed by atoms with Crippen molar-refractivity contribution in [1.29, 1.82) is 0 Å². The number of nitrogens with one attached hydrogen (secondary N) is 2. The topological polar surface area (TPSA) is 236 Å². The van der Waals surface area contributed by atoms with Gasteiger partial charge >= 0.3 is 0 Å². The van der Waals surface area contributed by atoms with Crippen LogP contribution in [0.25, 0.3) is 0 Å². The van der Waals surface area contributed by atoms with E-state index in [4.69, 9.17) is 0 Å². The third-order valence-corrected chi connectivity index (χ3v) is 21.0. The van der Waals surface area contributed by atoms with E-state index in [1.807, 2.05) is 24.3 Å². The van der Waals surface area contributed by atoms with Gasteiger partial charge in [-0.25, -0.2) is 17.2 Å². The highest BCUT2D eigenvalue weighted by Gasteiger charge is 2.57. The minimum absolute atomic E-state index is 0.00213. The van der Waals surface area contributed by atoms with Crippen LogP contribution in [0.5, 0.6) is 0 Å². The molecule has 8 unspecified atom stereocenters. The number of nitrogens with zero attached hydrogens (tertiary/aromatic N) is 5. The molecule has 71 heavy (non-hydrogen) atoms. The highest BCUT2D eigenvalue weighted by atomic mass is 32.2. The Morgan fingerprint density at radius 1 is 0.662 bits per heavy atom. The number of carbonyl (C=O) groups is 2. The van der Waals surface area contributed by atoms with Crippen LogP contribution in [0.1, 0.15) is 35.1 Å². The second-order valence-corrected chi connectivity index (χ2v) is 25.8. The zero-order valence-corrected chi connectivity index (χ0v) is 41.2. The first kappa shape index (κ1) is 46.0. The van der Waals surface area contributed by atoms with Gasteiger partial charge in [-0.3, -0.25) is 9.59 Å². The van der Waals surface area contributed by atoms with E-state index in [0.29, 0.717) is 24.0 Å². The summed E-state index contributed by atoms with van der Waals surface area (Å²) >= 11 is 1.81. The molecule has 4 aliphatic carbocycles. The number of amides is 2. The van der Waals surface area contributed by atoms with Crippen LogP contribution in [0.4, 0.5) is 18.8 Å². The van der Waals surface area contributed by atoms with Gasteiger partial charge in [-0.2, -0.15) is 21.1 Å². The van der Waals surface area contributed by atoms with Crippen LogP contribution in [0.15, 0.2) is 125 Å². The van der Waals surface area contributed by atoms with Gasteiger partial charge in [0.2, 0.25) is 10.0 Å². The number of allylic oxidation sites excluding steroid dienone is 2. The smallest absolute Gasteiger partial charge is 0.287 e. The highest BCUT2D eigenvalue weighted by molar-refractivity contribution is 7.91. The number of halogens is 2. The summed E-state index contributed by atoms with van der Waals surface area (Å²) in [7, 11) is -13.6. The predicted molar refractivity (Wildman–Crippen MR) is 258 cm³/mol. The molecule has 2 saturated carbocycles. The SMILES string of the molecule is CS(=O)(=O)N(Cc1csc2c1S(=O)(=O)N=C(C1=C(O)C3C4C=CC(C4)C3N(Cc3ccc(F)cc3)C1=O)N2)Cc1csc2c1S(=O)(=O)N=C(C1=C(O)C3C4C=CC(C4)C3N(Cc3ccc(F)cc3)C1=O)N2. The first-order chi connectivity index (χ1) is 33.8. The number of anilines is 2. The summed E-state index contributed by atoms with van der Waals surface area (Å²) in [6.45, 7) is -0.999. The molecule has 2 aromatic heterocycles. The van der Waals surface area contributed by atoms with E-state index in [0.717, 1.165) is 33.2 Å². The van der Waals surface area contributed by atoms with Crippen molar-refractivity contribution in [2.75, 3.05) is 16.9 Å². The molecule has 4 N–H and O–H groups in total. The lowest BCUT2D eigenvalue weighted by Crippen LogP contribution is -2.53. The van der Waals surface area contributed by atoms with Crippen LogP contribution in [-0.2, 0) is 65.8 Å². The monoisotopic (exact) mass is 1060 g/mol. The Kier molecular flexibility index (Phi) is 10.5. The van der Waals surface area contributed by atoms with Crippen LogP contribution in [-0.4, -0.2) is 91.4 Å². The van der Waals surface area contributed by atoms with Gasteiger partial charge in [0.15, 0.2) is 11.7 Å². The van der Waals surface area contributed by atoms with Gasteiger partial charge < -0.3 is 30.6 Å². The molecule has 0 radical (unpaired) electrons. The number of hydrogen-bond acceptors (Lipinski definition) is 14. The first-order valence-corrected chi connectivity index (χ1v) is 29.0. The summed E-state index contributed by atoms with van der Waals surface area (Å²) in [6.07, 6.45) is 10.2. The van der Waals surface area contributed by atoms with Crippen molar-refractivity contribution >= 4 is 86.2 Å². The molecule has 0 saturated heterocycles. The van der Waals surface area contributed by atoms with Crippen LogP contribution >= 0.6 is 22.7 Å². The lowest BCUT2D eigenvalue weighted by Gasteiger charge is -2.42. The molecule has 2 fully saturated rings. The van der Waals surface area contributed by atoms with Gasteiger partial charge in [0.25, 0.3) is 31.9 Å². The van der Waals surface area contributed by atoms with Crippen molar-refractivity contribution in [3.63, 3.8) is 0 Å². The number of carbonyl (C=O) groups excluding carboxylic acids is 2. The zero-order chi connectivity index (χ0) is 49.6. The number of rotatable bonds is 11. The first-order valence-electron chi connectivity index (χ1n) is 22.5. The van der Waals surface area contributed by atoms with Gasteiger partial charge in [0, 0.05) is 61.2 Å². The van der Waals surface area contributed by atoms with Crippen LogP contribution in [0.3, 0.4) is 0 Å². The Bertz CT molecular complexity index is 3350. The molecule has 17 nitrogen and oxygen atoms in total. The lowest BCUT2D eigenvalue weighted by atomic mass is 9.80. The second-order valence-electron chi connectivity index (χ2n) is 19.0. The normalized spacial score (nSPS) is 28.5. The Labute approximate surface area is 414 Å². The summed E-state index contributed by atoms with van der Waals surface area (Å²) in [5, 5.41) is 32.2. The fourth-order valence-corrected chi connectivity index (χ4v) is 17.8. The molecule has 2 aromatic carbocycles. The molecule has 4 aliphatic heterocycles. The van der Waals surface area contributed by atoms with E-state index in [-0.39, 0.29) is 90.3 Å². The Hall–Kier alpha value is -6.05. The summed E-state index contributed by atoms with van der Waals surface area (Å²) in [5.41, 5.74) is 0.592. The van der Waals surface area contributed by atoms with Gasteiger partial charge in [-0.15, -0.1) is 31.5 Å². The van der Waals surface area contributed by atoms with Crippen LogP contribution in [0.2, 0.25) is 0 Å². The predicted octanol–water partition coefficient (Wildman–Crippen LogP) is 6.17. The van der Waals surface area contributed by atoms with Gasteiger partial charge in [-0.05, 0) is 82.7 Å². The van der Waals surface area contributed by atoms with Crippen LogP contribution < -0.4 is 10.6 Å². The van der Waals surface area contributed by atoms with Crippen molar-refractivity contribution in [1.82, 2.24) is 14.1 Å². The molecule has 2 amide bonds. The number of aliphatic hydroxyl groups excluding tert-OH is 2. The minimum Gasteiger partial charge on any atom is -0.511 e. The molecule has 4 bridgehead atoms. The Morgan fingerprint density at radius 3 is 1.42 bits per heavy atom. The molecule has 8 atom stereocenters. The third-order valence-electron chi connectivity index (χ3n) is 14.9. The summed E-state index contributed by atoms with van der Waals surface area (Å²) in [6, 6.07) is 10.4. The van der Waals surface area contributed by atoms with Gasteiger partial charge in [-0.1, -0.05) is 48.6 Å². The molecule has 8 aliphatic rings. The number of hydrogen-bond donors (Lipinski definition) is 4. The van der Waals surface area contributed by atoms with Gasteiger partial charge in [0.05, 0.1) is 6.26 Å². The lowest BCUT2D eigenvalue weighted by molar-refractivity contribution is -0.133. The second kappa shape index (κ2) is 16.2. The maximum absolute atomic E-state index is 14.4. The van der Waals surface area contributed by atoms with Crippen molar-refractivity contribution in [2.24, 2.45) is 44.3 Å². The van der Waals surface area contributed by atoms with Crippen molar-refractivity contribution in [2.45, 2.75) is 60.9 Å². The summed E-state index contributed by atoms with van der Waals surface area (Å²) in [4.78, 5) is 31.2. The van der Waals surface area contributed by atoms with E-state index in [2.05, 4.69) is 19.4 Å². The molecule has 12 rings (SSSR count). The standard InChI is InChI=1S/C47H41F2N7O10S5/c1-69(61,62)54(18-28-20-67-44-40(28)70(63,64)52-42(50-44)34-38(57)32-24-6-8-26(14-24)36(32)55(46(34)59)16-22-2-10-30(48)11-3-22)19-29-21-68-45-41(29)71(65,66)53-43(51-45)35-39(58)33-25-7-9-27(15-25)37(33)56(47(35)60)17-23-4-12-31(49)13-5-23/h2-13,20-21,24-27,32-33,36-37,57-58H,14-19H2,1H3,(H,50,52)(H,51,53). The number of thiophene rings is 2. The van der Waals surface area contributed by atoms with E-state index in [9.17, 15) is 53.8 Å². The van der Waals surface area contributed by atoms with Crippen molar-refractivity contribution in [3.05, 3.63) is 140 Å². The average molecular weight is 1060 g/mol. The highest BCUT2D eigenvalue weighted by Crippen LogP contribution is 2.54. The quantitative estimate of drug-likeness (QED) is 0.124. The Balaban J connectivity index is 0.822. The largest absolute Gasteiger partial charge is 0.511 e. The average Bonchev–Trinajstić information content (AvgIpc) is 4.18. The molecule has 0 spiro atoms. The molecular weight excluding hydrogens is 1020 g/mol. The number of benzene rings is 2. The fourth-order valence-electron chi connectivity index (χ4n) is 11.9. The van der Waals surface area contributed by atoms with Gasteiger partial charge in [0.1, 0.15) is 54.1 Å². The van der Waals surface area contributed by atoms with E-state index in [1.165, 1.54) is 35.0 Å². The number of fused-ring (bicyclic) bond motifs is 12. The summed E-state index contributed by atoms with van der Waals surface area (Å²) in [5.74, 6) is -5.15. The van der Waals surface area contributed by atoms with Crippen LogP contribution in [0, 0.1) is 47.1 Å². The number of amidine groups is 2. The minimum atomic E-state index is -4.69. The molecule has 24 heteroatoms. The fraction of sp³-hybridized carbons (Fsp3) is 0.319. The van der Waals surface area contributed by atoms with Crippen molar-refractivity contribution < 1.29 is 53.8 Å². The zero-order valence-electron chi connectivity index (χ0n) is 37.1. The van der Waals surface area contributed by atoms with E-state index >= 15 is 0 Å². The maximum atomic E-state index is 14.4. The summed E-state index contributed by atoms with van der Waals surface area (Å²) < 4.78 is 120. The molecular formula is C47H41F2N7O10S5. The van der Waals surface area contributed by atoms with E-state index in [1.54, 1.807) is 34.1 Å². The number of sulfonamides is 3. The van der Waals surface area contributed by atoms with E-state index < -0.39 is 102 Å². The molecule has 6 heterocycles. The number of aliphatic hydroxyl groups is 2.